The van der Waals surface area contributed by atoms with Crippen LogP contribution in [0.15, 0.2) is 12.3 Å². The largest absolute Gasteiger partial charge is 0.493 e. The van der Waals surface area contributed by atoms with Crippen LogP contribution in [-0.2, 0) is 0 Å². The summed E-state index contributed by atoms with van der Waals surface area (Å²) in [5, 5.41) is 12.6. The lowest BCUT2D eigenvalue weighted by molar-refractivity contribution is 0.219. The Labute approximate surface area is 95.7 Å². The van der Waals surface area contributed by atoms with Crippen LogP contribution in [0.1, 0.15) is 18.5 Å². The molecular weight excluding hydrogens is 204 g/mol. The van der Waals surface area contributed by atoms with Gasteiger partial charge in [0.2, 0.25) is 0 Å². The van der Waals surface area contributed by atoms with Crippen LogP contribution in [-0.4, -0.2) is 30.4 Å². The molecule has 2 N–H and O–H groups in total. The lowest BCUT2D eigenvalue weighted by atomic mass is 10.1. The number of aryl methyl sites for hydroxylation is 1. The Morgan fingerprint density at radius 1 is 1.56 bits per heavy atom. The highest BCUT2D eigenvalue weighted by Gasteiger charge is 2.41. The number of aliphatic hydroxyl groups is 1. The normalized spacial score (nSPS) is 16.9. The van der Waals surface area contributed by atoms with E-state index < -0.39 is 0 Å². The molecule has 0 aromatic carbocycles. The van der Waals surface area contributed by atoms with Crippen LogP contribution in [0.5, 0.6) is 5.75 Å². The van der Waals surface area contributed by atoms with E-state index in [9.17, 15) is 5.11 Å². The third-order valence-corrected chi connectivity index (χ3v) is 3.17. The fraction of sp³-hybridized carbons (Fsp3) is 0.583. The van der Waals surface area contributed by atoms with Gasteiger partial charge in [0.1, 0.15) is 0 Å². The molecule has 0 radical (unpaired) electrons. The summed E-state index contributed by atoms with van der Waals surface area (Å²) in [6, 6.07) is 1.96. The van der Waals surface area contributed by atoms with E-state index in [0.717, 1.165) is 36.5 Å². The number of pyridine rings is 1. The van der Waals surface area contributed by atoms with Crippen molar-refractivity contribution >= 4 is 5.69 Å². The van der Waals surface area contributed by atoms with Crippen molar-refractivity contribution in [2.45, 2.75) is 19.8 Å². The number of aromatic nitrogens is 1. The van der Waals surface area contributed by atoms with Crippen LogP contribution in [0.2, 0.25) is 0 Å². The van der Waals surface area contributed by atoms with Crippen LogP contribution in [0.4, 0.5) is 5.69 Å². The summed E-state index contributed by atoms with van der Waals surface area (Å²) in [6.07, 6.45) is 3.92. The van der Waals surface area contributed by atoms with Gasteiger partial charge in [0, 0.05) is 17.7 Å². The second kappa shape index (κ2) is 4.29. The van der Waals surface area contributed by atoms with E-state index in [0.29, 0.717) is 0 Å². The molecule has 1 aliphatic rings. The fourth-order valence-corrected chi connectivity index (χ4v) is 1.70. The number of rotatable bonds is 5. The Hall–Kier alpha value is -1.29. The van der Waals surface area contributed by atoms with Gasteiger partial charge in [0.05, 0.1) is 25.6 Å². The molecule has 1 aromatic heterocycles. The van der Waals surface area contributed by atoms with Crippen molar-refractivity contribution in [1.29, 1.82) is 0 Å². The van der Waals surface area contributed by atoms with E-state index in [1.807, 2.05) is 13.0 Å². The molecule has 0 amide bonds. The first kappa shape index (κ1) is 11.2. The van der Waals surface area contributed by atoms with Crippen LogP contribution in [0, 0.1) is 12.3 Å². The van der Waals surface area contributed by atoms with Crippen molar-refractivity contribution in [3.63, 3.8) is 0 Å². The molecule has 1 aliphatic carbocycles. The number of hydrogen-bond donors (Lipinski definition) is 2. The topological polar surface area (TPSA) is 54.4 Å². The molecule has 4 heteroatoms. The maximum absolute atomic E-state index is 9.23. The van der Waals surface area contributed by atoms with Crippen LogP contribution in [0.3, 0.4) is 0 Å². The lowest BCUT2D eigenvalue weighted by Gasteiger charge is -2.16. The van der Waals surface area contributed by atoms with Gasteiger partial charge in [-0.25, -0.2) is 0 Å². The van der Waals surface area contributed by atoms with Crippen molar-refractivity contribution in [3.05, 3.63) is 18.0 Å². The number of aliphatic hydroxyl groups excluding tert-OH is 1. The summed E-state index contributed by atoms with van der Waals surface area (Å²) in [7, 11) is 1.64. The molecule has 0 unspecified atom stereocenters. The Kier molecular flexibility index (Phi) is 3.01. The molecule has 0 atom stereocenters. The molecular formula is C12H18N2O2. The quantitative estimate of drug-likeness (QED) is 0.794. The Morgan fingerprint density at radius 3 is 2.88 bits per heavy atom. The maximum atomic E-state index is 9.23. The second-order valence-electron chi connectivity index (χ2n) is 4.54. The lowest BCUT2D eigenvalue weighted by Crippen LogP contribution is -2.19. The summed E-state index contributed by atoms with van der Waals surface area (Å²) in [5.74, 6) is 0.749. The number of methoxy groups -OCH3 is 1. The van der Waals surface area contributed by atoms with Crippen LogP contribution in [0.25, 0.3) is 0 Å². The Bertz CT molecular complexity index is 375. The minimum absolute atomic E-state index is 0.0994. The minimum atomic E-state index is 0.0994. The average molecular weight is 222 g/mol. The van der Waals surface area contributed by atoms with Gasteiger partial charge in [0.25, 0.3) is 0 Å². The molecule has 4 nitrogen and oxygen atoms in total. The summed E-state index contributed by atoms with van der Waals surface area (Å²) in [5.41, 5.74) is 2.01. The van der Waals surface area contributed by atoms with Gasteiger partial charge in [-0.1, -0.05) is 0 Å². The zero-order valence-electron chi connectivity index (χ0n) is 9.79. The van der Waals surface area contributed by atoms with Crippen molar-refractivity contribution in [3.8, 4) is 5.75 Å². The van der Waals surface area contributed by atoms with Crippen molar-refractivity contribution in [2.75, 3.05) is 25.6 Å². The SMILES string of the molecule is COc1cnc(C)cc1NCC1(CO)CC1. The number of ether oxygens (including phenoxy) is 1. The number of nitrogens with zero attached hydrogens (tertiary/aromatic N) is 1. The number of anilines is 1. The van der Waals surface area contributed by atoms with Crippen LogP contribution < -0.4 is 10.1 Å². The van der Waals surface area contributed by atoms with E-state index in [4.69, 9.17) is 4.74 Å². The first-order valence-electron chi connectivity index (χ1n) is 5.54. The monoisotopic (exact) mass is 222 g/mol. The molecule has 0 bridgehead atoms. The first-order valence-corrected chi connectivity index (χ1v) is 5.54. The third-order valence-electron chi connectivity index (χ3n) is 3.17. The summed E-state index contributed by atoms with van der Waals surface area (Å²) in [4.78, 5) is 4.18. The highest BCUT2D eigenvalue weighted by molar-refractivity contribution is 5.56. The van der Waals surface area contributed by atoms with Gasteiger partial charge in [-0.2, -0.15) is 0 Å². The molecule has 2 rings (SSSR count). The molecule has 16 heavy (non-hydrogen) atoms. The van der Waals surface area contributed by atoms with E-state index in [2.05, 4.69) is 10.3 Å². The minimum Gasteiger partial charge on any atom is -0.493 e. The van der Waals surface area contributed by atoms with Gasteiger partial charge in [-0.3, -0.25) is 4.98 Å². The number of hydrogen-bond acceptors (Lipinski definition) is 4. The van der Waals surface area contributed by atoms with E-state index in [-0.39, 0.29) is 12.0 Å². The highest BCUT2D eigenvalue weighted by atomic mass is 16.5. The standard InChI is InChI=1S/C12H18N2O2/c1-9-5-10(11(16-2)6-13-9)14-7-12(8-15)3-4-12/h5-6,15H,3-4,7-8H2,1-2H3,(H,13,14). The smallest absolute Gasteiger partial charge is 0.160 e. The fourth-order valence-electron chi connectivity index (χ4n) is 1.70. The average Bonchev–Trinajstić information content (AvgIpc) is 3.07. The van der Waals surface area contributed by atoms with E-state index in [1.54, 1.807) is 13.3 Å². The molecule has 88 valence electrons. The third kappa shape index (κ3) is 2.27. The molecule has 1 aromatic rings. The predicted molar refractivity (Wildman–Crippen MR) is 62.8 cm³/mol. The molecule has 1 heterocycles. The zero-order chi connectivity index (χ0) is 11.6. The summed E-state index contributed by atoms with van der Waals surface area (Å²) >= 11 is 0. The Morgan fingerprint density at radius 2 is 2.31 bits per heavy atom. The van der Waals surface area contributed by atoms with E-state index in [1.165, 1.54) is 0 Å². The van der Waals surface area contributed by atoms with Crippen molar-refractivity contribution < 1.29 is 9.84 Å². The van der Waals surface area contributed by atoms with Crippen molar-refractivity contribution in [1.82, 2.24) is 4.98 Å². The van der Waals surface area contributed by atoms with Crippen molar-refractivity contribution in [2.24, 2.45) is 5.41 Å². The second-order valence-corrected chi connectivity index (χ2v) is 4.54. The summed E-state index contributed by atoms with van der Waals surface area (Å²) in [6.45, 7) is 3.00. The van der Waals surface area contributed by atoms with Gasteiger partial charge in [-0.05, 0) is 25.8 Å². The van der Waals surface area contributed by atoms with Crippen LogP contribution >= 0.6 is 0 Å². The van der Waals surface area contributed by atoms with Gasteiger partial charge < -0.3 is 15.2 Å². The molecule has 0 saturated heterocycles. The predicted octanol–water partition coefficient (Wildman–Crippen LogP) is 1.58. The molecule has 0 aliphatic heterocycles. The number of nitrogens with one attached hydrogen (secondary N) is 1. The van der Waals surface area contributed by atoms with Gasteiger partial charge in [-0.15, -0.1) is 0 Å². The highest BCUT2D eigenvalue weighted by Crippen LogP contribution is 2.45. The zero-order valence-corrected chi connectivity index (χ0v) is 9.79. The van der Waals surface area contributed by atoms with E-state index >= 15 is 0 Å². The molecule has 0 spiro atoms. The Balaban J connectivity index is 2.05. The molecule has 1 fully saturated rings. The summed E-state index contributed by atoms with van der Waals surface area (Å²) < 4.78 is 5.23. The van der Waals surface area contributed by atoms with Gasteiger partial charge >= 0.3 is 0 Å². The maximum Gasteiger partial charge on any atom is 0.160 e. The van der Waals surface area contributed by atoms with Gasteiger partial charge in [0.15, 0.2) is 5.75 Å². The molecule has 1 saturated carbocycles. The first-order chi connectivity index (χ1) is 7.69.